The molecular formula is C20H26FN3O3. The summed E-state index contributed by atoms with van der Waals surface area (Å²) in [6.07, 6.45) is 0. The number of amides is 2. The van der Waals surface area contributed by atoms with Gasteiger partial charge in [0.2, 0.25) is 0 Å². The molecule has 0 spiro atoms. The average Bonchev–Trinajstić information content (AvgIpc) is 3.07. The molecule has 2 amide bonds. The molecule has 146 valence electrons. The predicted octanol–water partition coefficient (Wildman–Crippen LogP) is 3.50. The van der Waals surface area contributed by atoms with Gasteiger partial charge >= 0.3 is 0 Å². The van der Waals surface area contributed by atoms with E-state index in [0.717, 1.165) is 0 Å². The maximum absolute atomic E-state index is 13.1. The van der Waals surface area contributed by atoms with E-state index in [9.17, 15) is 14.0 Å². The summed E-state index contributed by atoms with van der Waals surface area (Å²) in [6.45, 7) is 9.21. The summed E-state index contributed by atoms with van der Waals surface area (Å²) in [6, 6.07) is 6.96. The van der Waals surface area contributed by atoms with Gasteiger partial charge in [-0.2, -0.15) is 0 Å². The van der Waals surface area contributed by atoms with Crippen molar-refractivity contribution in [2.24, 2.45) is 11.8 Å². The van der Waals surface area contributed by atoms with Gasteiger partial charge in [0.1, 0.15) is 5.82 Å². The molecule has 0 atom stereocenters. The summed E-state index contributed by atoms with van der Waals surface area (Å²) in [5.41, 5.74) is 0.579. The molecule has 0 aliphatic rings. The fourth-order valence-corrected chi connectivity index (χ4v) is 2.51. The van der Waals surface area contributed by atoms with Gasteiger partial charge in [-0.3, -0.25) is 9.59 Å². The Kier molecular flexibility index (Phi) is 7.10. The number of nitrogens with zero attached hydrogens (tertiary/aromatic N) is 2. The van der Waals surface area contributed by atoms with Crippen molar-refractivity contribution in [2.45, 2.75) is 34.2 Å². The van der Waals surface area contributed by atoms with Gasteiger partial charge in [0, 0.05) is 24.7 Å². The number of aromatic nitrogens is 1. The fourth-order valence-electron chi connectivity index (χ4n) is 2.51. The Bertz CT molecular complexity index is 769. The smallest absolute Gasteiger partial charge is 0.273 e. The number of carbonyl (C=O) groups excluding carboxylic acids is 2. The molecule has 0 radical (unpaired) electrons. The molecule has 0 saturated heterocycles. The third-order valence-corrected chi connectivity index (χ3v) is 3.77. The van der Waals surface area contributed by atoms with Crippen molar-refractivity contribution >= 4 is 11.8 Å². The summed E-state index contributed by atoms with van der Waals surface area (Å²) < 4.78 is 18.4. The lowest BCUT2D eigenvalue weighted by molar-refractivity contribution is 0.0705. The molecule has 0 aliphatic carbocycles. The Balaban J connectivity index is 2.11. The number of benzene rings is 1. The van der Waals surface area contributed by atoms with Crippen LogP contribution >= 0.6 is 0 Å². The molecule has 1 aromatic carbocycles. The number of rotatable bonds is 8. The molecule has 27 heavy (non-hydrogen) atoms. The van der Waals surface area contributed by atoms with E-state index in [-0.39, 0.29) is 30.0 Å². The van der Waals surface area contributed by atoms with Crippen LogP contribution < -0.4 is 5.32 Å². The number of nitrogens with one attached hydrogen (secondary N) is 1. The van der Waals surface area contributed by atoms with Crippen LogP contribution in [0, 0.1) is 17.7 Å². The Morgan fingerprint density at radius 1 is 1.15 bits per heavy atom. The van der Waals surface area contributed by atoms with E-state index in [2.05, 4.69) is 10.5 Å². The lowest BCUT2D eigenvalue weighted by Crippen LogP contribution is -2.33. The molecule has 0 fully saturated rings. The molecule has 2 aromatic rings. The van der Waals surface area contributed by atoms with Crippen LogP contribution in [0.4, 0.5) is 4.39 Å². The van der Waals surface area contributed by atoms with Crippen molar-refractivity contribution in [2.75, 3.05) is 13.1 Å². The van der Waals surface area contributed by atoms with Gasteiger partial charge in [-0.25, -0.2) is 4.39 Å². The Morgan fingerprint density at radius 3 is 2.41 bits per heavy atom. The van der Waals surface area contributed by atoms with Crippen molar-refractivity contribution in [1.82, 2.24) is 15.4 Å². The summed E-state index contributed by atoms with van der Waals surface area (Å²) >= 11 is 0. The van der Waals surface area contributed by atoms with Crippen molar-refractivity contribution in [3.8, 4) is 0 Å². The molecule has 0 bridgehead atoms. The molecule has 2 rings (SSSR count). The zero-order valence-electron chi connectivity index (χ0n) is 16.2. The highest BCUT2D eigenvalue weighted by molar-refractivity contribution is 5.94. The Labute approximate surface area is 158 Å². The first kappa shape index (κ1) is 20.6. The van der Waals surface area contributed by atoms with Gasteiger partial charge in [0.15, 0.2) is 11.5 Å². The summed E-state index contributed by atoms with van der Waals surface area (Å²) in [4.78, 5) is 26.4. The van der Waals surface area contributed by atoms with Crippen molar-refractivity contribution in [3.63, 3.8) is 0 Å². The molecular weight excluding hydrogens is 349 g/mol. The van der Waals surface area contributed by atoms with Gasteiger partial charge < -0.3 is 14.7 Å². The van der Waals surface area contributed by atoms with Gasteiger partial charge in [-0.1, -0.05) is 32.9 Å². The molecule has 0 saturated carbocycles. The minimum absolute atomic E-state index is 0.179. The quantitative estimate of drug-likeness (QED) is 0.766. The van der Waals surface area contributed by atoms with E-state index < -0.39 is 5.82 Å². The van der Waals surface area contributed by atoms with Crippen LogP contribution in [0.15, 0.2) is 34.9 Å². The lowest BCUT2D eigenvalue weighted by atomic mass is 10.1. The number of hydrogen-bond acceptors (Lipinski definition) is 4. The molecule has 0 unspecified atom stereocenters. The van der Waals surface area contributed by atoms with E-state index >= 15 is 0 Å². The minimum atomic E-state index is -0.394. The maximum Gasteiger partial charge on any atom is 0.273 e. The van der Waals surface area contributed by atoms with Crippen molar-refractivity contribution in [3.05, 3.63) is 53.2 Å². The first-order valence-electron chi connectivity index (χ1n) is 9.05. The number of hydrogen-bond donors (Lipinski definition) is 1. The SMILES string of the molecule is CC(C)CNC(=O)c1cc(CN(CC(C)C)C(=O)c2ccc(F)cc2)on1. The first-order chi connectivity index (χ1) is 12.8. The molecule has 1 aromatic heterocycles. The van der Waals surface area contributed by atoms with Crippen molar-refractivity contribution in [1.29, 1.82) is 0 Å². The Morgan fingerprint density at radius 2 is 1.81 bits per heavy atom. The second-order valence-corrected chi connectivity index (χ2v) is 7.37. The van der Waals surface area contributed by atoms with Crippen molar-refractivity contribution < 1.29 is 18.5 Å². The topological polar surface area (TPSA) is 75.4 Å². The predicted molar refractivity (Wildman–Crippen MR) is 99.7 cm³/mol. The van der Waals surface area contributed by atoms with E-state index in [1.807, 2.05) is 27.7 Å². The zero-order chi connectivity index (χ0) is 20.0. The molecule has 1 heterocycles. The van der Waals surface area contributed by atoms with Crippen LogP contribution in [0.2, 0.25) is 0 Å². The van der Waals surface area contributed by atoms with Gasteiger partial charge in [0.25, 0.3) is 11.8 Å². The first-order valence-corrected chi connectivity index (χ1v) is 9.05. The van der Waals surface area contributed by atoms with E-state index in [1.54, 1.807) is 11.0 Å². The summed E-state index contributed by atoms with van der Waals surface area (Å²) in [7, 11) is 0. The summed E-state index contributed by atoms with van der Waals surface area (Å²) in [5, 5.41) is 6.57. The van der Waals surface area contributed by atoms with Crippen LogP contribution in [0.25, 0.3) is 0 Å². The van der Waals surface area contributed by atoms with Crippen LogP contribution in [0.5, 0.6) is 0 Å². The largest absolute Gasteiger partial charge is 0.359 e. The van der Waals surface area contributed by atoms with E-state index in [4.69, 9.17) is 4.52 Å². The van der Waals surface area contributed by atoms with E-state index in [0.29, 0.717) is 30.3 Å². The highest BCUT2D eigenvalue weighted by Crippen LogP contribution is 2.14. The highest BCUT2D eigenvalue weighted by Gasteiger charge is 2.21. The monoisotopic (exact) mass is 375 g/mol. The van der Waals surface area contributed by atoms with Crippen LogP contribution in [-0.2, 0) is 6.54 Å². The lowest BCUT2D eigenvalue weighted by Gasteiger charge is -2.23. The summed E-state index contributed by atoms with van der Waals surface area (Å²) in [5.74, 6) is 0.0428. The Hall–Kier alpha value is -2.70. The standard InChI is InChI=1S/C20H26FN3O3/c1-13(2)10-22-19(25)18-9-17(27-23-18)12-24(11-14(3)4)20(26)15-5-7-16(21)8-6-15/h5-9,13-14H,10-12H2,1-4H3,(H,22,25). The van der Waals surface area contributed by atoms with Crippen LogP contribution in [0.3, 0.4) is 0 Å². The second-order valence-electron chi connectivity index (χ2n) is 7.37. The van der Waals surface area contributed by atoms with Crippen LogP contribution in [0.1, 0.15) is 54.3 Å². The van der Waals surface area contributed by atoms with Gasteiger partial charge in [0.05, 0.1) is 6.54 Å². The number of halogens is 1. The van der Waals surface area contributed by atoms with Gasteiger partial charge in [-0.15, -0.1) is 0 Å². The molecule has 6 nitrogen and oxygen atoms in total. The highest BCUT2D eigenvalue weighted by atomic mass is 19.1. The van der Waals surface area contributed by atoms with Gasteiger partial charge in [-0.05, 0) is 36.1 Å². The third kappa shape index (κ3) is 6.20. The van der Waals surface area contributed by atoms with E-state index in [1.165, 1.54) is 24.3 Å². The zero-order valence-corrected chi connectivity index (χ0v) is 16.2. The minimum Gasteiger partial charge on any atom is -0.359 e. The molecule has 0 aliphatic heterocycles. The molecule has 7 heteroatoms. The number of carbonyl (C=O) groups is 2. The third-order valence-electron chi connectivity index (χ3n) is 3.77. The maximum atomic E-state index is 13.1. The molecule has 1 N–H and O–H groups in total. The average molecular weight is 375 g/mol. The fraction of sp³-hybridized carbons (Fsp3) is 0.450. The second kappa shape index (κ2) is 9.30. The van der Waals surface area contributed by atoms with Crippen LogP contribution in [-0.4, -0.2) is 35.0 Å². The normalized spacial score (nSPS) is 11.1.